The molecule has 0 aromatic rings. The van der Waals surface area contributed by atoms with E-state index in [9.17, 15) is 54.9 Å². The lowest BCUT2D eigenvalue weighted by atomic mass is 9.78. The largest absolute Gasteiger partial charge is 0.462 e. The van der Waals surface area contributed by atoms with E-state index in [0.29, 0.717) is 43.3 Å². The van der Waals surface area contributed by atoms with Gasteiger partial charge >= 0.3 is 17.9 Å². The number of carbonyl (C=O) groups is 4. The molecule has 7 heterocycles. The second-order valence-electron chi connectivity index (χ2n) is 25.8. The highest BCUT2D eigenvalue weighted by atomic mass is 16.7. The van der Waals surface area contributed by atoms with E-state index in [-0.39, 0.29) is 76.1 Å². The number of fused-ring (bicyclic) bond motifs is 8. The number of rotatable bonds is 9. The number of hydrogen-bond donors (Lipinski definition) is 7. The van der Waals surface area contributed by atoms with Crippen molar-refractivity contribution in [3.05, 3.63) is 61.3 Å². The minimum atomic E-state index is -2.39. The normalized spacial score (nSPS) is 44.5. The molecular weight excluding hydrogens is 1090 g/mol. The number of ketones is 1. The fourth-order valence-electron chi connectivity index (χ4n) is 14.1. The SMILES string of the molecule is C=C/C=C/[C@H](O)CC(=C)C[C@H]1O[C@@H]2[C@H](C)[C@@H](OC(=O)C[C@@H]3C[C@@H](OC(C)=O)C[C@]4(C[C@](C)(O)C[C@@H](CC(=C)[C@H](C)[C@@H](OC(C)=O)[C@H](C)C(=O)C[C@H]5C[C@@H](OC)C[C@]6(C[C@H](O)C[C@@H](C=CCCC[C@@H]7O[C@@](O)(C[C@@H](O)[C@@H]7C)[C@H]2O)O6)O5)O4)O3)[C@@H]1O. The molecule has 21 nitrogen and oxygen atoms in total. The fraction of sp³-hybridized carbons (Fsp3) is 0.778. The third-order valence-electron chi connectivity index (χ3n) is 18.3. The number of allylic oxidation sites excluding steroid dienone is 3. The molecule has 21 heteroatoms. The molecule has 84 heavy (non-hydrogen) atoms. The number of methoxy groups -OCH3 is 1. The molecule has 7 aliphatic rings. The van der Waals surface area contributed by atoms with Gasteiger partial charge in [-0.1, -0.05) is 89.0 Å². The van der Waals surface area contributed by atoms with Gasteiger partial charge in [0.1, 0.15) is 36.3 Å². The number of hydrogen-bond acceptors (Lipinski definition) is 21. The highest BCUT2D eigenvalue weighted by molar-refractivity contribution is 5.82. The van der Waals surface area contributed by atoms with Crippen molar-refractivity contribution >= 4 is 23.7 Å². The lowest BCUT2D eigenvalue weighted by Gasteiger charge is -2.52. The summed E-state index contributed by atoms with van der Waals surface area (Å²) in [5.41, 5.74) is -0.456. The Morgan fingerprint density at radius 2 is 1.48 bits per heavy atom. The second-order valence-corrected chi connectivity index (χ2v) is 25.8. The maximum atomic E-state index is 14.4. The molecule has 0 aliphatic carbocycles. The lowest BCUT2D eigenvalue weighted by Crippen LogP contribution is -2.65. The monoisotopic (exact) mass is 1190 g/mol. The van der Waals surface area contributed by atoms with Gasteiger partial charge in [-0.25, -0.2) is 0 Å². The number of carbonyl (C=O) groups excluding carboxylic acids is 4. The zero-order valence-corrected chi connectivity index (χ0v) is 50.4. The highest BCUT2D eigenvalue weighted by Crippen LogP contribution is 2.48. The van der Waals surface area contributed by atoms with Crippen molar-refractivity contribution in [3.63, 3.8) is 0 Å². The van der Waals surface area contributed by atoms with E-state index in [2.05, 4.69) is 19.7 Å². The van der Waals surface area contributed by atoms with Crippen LogP contribution in [0.2, 0.25) is 0 Å². The van der Waals surface area contributed by atoms with Crippen molar-refractivity contribution in [1.82, 2.24) is 0 Å². The van der Waals surface area contributed by atoms with Crippen molar-refractivity contribution < 1.29 is 102 Å². The Morgan fingerprint density at radius 1 is 0.810 bits per heavy atom. The van der Waals surface area contributed by atoms with Crippen LogP contribution >= 0.6 is 0 Å². The minimum Gasteiger partial charge on any atom is -0.462 e. The third kappa shape index (κ3) is 17.3. The average Bonchev–Trinajstić information content (AvgIpc) is 1.09. The molecule has 6 saturated heterocycles. The van der Waals surface area contributed by atoms with Crippen LogP contribution in [0.4, 0.5) is 0 Å². The van der Waals surface area contributed by atoms with Gasteiger partial charge in [-0.3, -0.25) is 19.2 Å². The maximum Gasteiger partial charge on any atom is 0.308 e. The molecule has 7 aliphatic heterocycles. The standard InChI is InChI=1S/C63H96O21/c1-12-13-17-42(66)20-34(2)21-53-55(71)57-39(7)58(78-53)59(72)63(74)32-51(69)37(5)52(84-63)19-16-14-15-18-44-23-43(67)28-61(80-44)30-47(75-11)24-45(81-61)26-50(68)38(6)56(77-41(9)65)36(4)35(3)22-49-29-60(10,73)33-62(83-49)31-48(76-40(8)64)25-46(82-62)27-54(70)79-57/h12-13,15,17-18,36-39,42-49,51-53,55-59,66-67,69,71-74H,1-3,14,16,19-33H2,4-11H3/b17-13+,18-15?/t36-,37-,38+,39+,42-,43+,44+,45+,46-,47+,48+,49+,51+,52-,53+,55+,56+,57+,58+,59-,60+,61-,62-,63-/m0/s1. The van der Waals surface area contributed by atoms with Crippen molar-refractivity contribution in [1.29, 1.82) is 0 Å². The Morgan fingerprint density at radius 3 is 2.17 bits per heavy atom. The number of Topliss-reactive ketones (excluding diaryl/α,β-unsaturated/α-hetero) is 1. The smallest absolute Gasteiger partial charge is 0.308 e. The van der Waals surface area contributed by atoms with E-state index in [0.717, 1.165) is 0 Å². The van der Waals surface area contributed by atoms with Crippen LogP contribution in [0.1, 0.15) is 158 Å². The first-order valence-electron chi connectivity index (χ1n) is 30.2. The van der Waals surface area contributed by atoms with Gasteiger partial charge in [0.15, 0.2) is 17.4 Å². The summed E-state index contributed by atoms with van der Waals surface area (Å²) in [6.45, 7) is 23.1. The molecule has 7 N–H and O–H groups in total. The van der Waals surface area contributed by atoms with Gasteiger partial charge in [-0.15, -0.1) is 0 Å². The molecule has 474 valence electrons. The number of ether oxygens (including phenoxy) is 10. The van der Waals surface area contributed by atoms with Crippen LogP contribution in [0, 0.1) is 23.7 Å². The summed E-state index contributed by atoms with van der Waals surface area (Å²) in [4.78, 5) is 54.3. The van der Waals surface area contributed by atoms with Crippen LogP contribution in [0.15, 0.2) is 61.3 Å². The zero-order chi connectivity index (χ0) is 61.6. The molecule has 6 fully saturated rings. The Hall–Kier alpha value is -3.78. The van der Waals surface area contributed by atoms with Crippen molar-refractivity contribution in [3.8, 4) is 0 Å². The summed E-state index contributed by atoms with van der Waals surface area (Å²) in [6.07, 6.45) is -6.46. The Labute approximate surface area is 494 Å². The Bertz CT molecular complexity index is 2370. The number of aliphatic hydroxyl groups is 7. The van der Waals surface area contributed by atoms with E-state index in [1.165, 1.54) is 26.0 Å². The number of aliphatic hydroxyl groups excluding tert-OH is 5. The first kappa shape index (κ1) is 67.7. The highest BCUT2D eigenvalue weighted by Gasteiger charge is 2.58. The molecule has 0 saturated carbocycles. The summed E-state index contributed by atoms with van der Waals surface area (Å²) in [5, 5.41) is 82.3. The molecule has 0 unspecified atom stereocenters. The van der Waals surface area contributed by atoms with Gasteiger partial charge in [0, 0.05) is 103 Å². The molecule has 0 radical (unpaired) electrons. The first-order valence-corrected chi connectivity index (χ1v) is 30.2. The van der Waals surface area contributed by atoms with Crippen LogP contribution < -0.4 is 0 Å². The van der Waals surface area contributed by atoms with Gasteiger partial charge in [-0.05, 0) is 45.4 Å². The summed E-state index contributed by atoms with van der Waals surface area (Å²) in [7, 11) is 1.57. The van der Waals surface area contributed by atoms with Crippen molar-refractivity contribution in [2.75, 3.05) is 7.11 Å². The Balaban J connectivity index is 1.22. The first-order chi connectivity index (χ1) is 39.4. The van der Waals surface area contributed by atoms with Gasteiger partial charge in [0.2, 0.25) is 0 Å². The topological polar surface area (TPSA) is 302 Å². The second kappa shape index (κ2) is 28.6. The summed E-state index contributed by atoms with van der Waals surface area (Å²) >= 11 is 0. The maximum absolute atomic E-state index is 14.4. The lowest BCUT2D eigenvalue weighted by molar-refractivity contribution is -0.351. The van der Waals surface area contributed by atoms with Crippen molar-refractivity contribution in [2.24, 2.45) is 23.7 Å². The van der Waals surface area contributed by atoms with Crippen LogP contribution in [0.5, 0.6) is 0 Å². The van der Waals surface area contributed by atoms with Gasteiger partial charge in [-0.2, -0.15) is 0 Å². The van der Waals surface area contributed by atoms with Crippen LogP contribution in [-0.4, -0.2) is 187 Å². The molecule has 24 atom stereocenters. The summed E-state index contributed by atoms with van der Waals surface area (Å²) in [6, 6.07) is 0. The third-order valence-corrected chi connectivity index (χ3v) is 18.3. The van der Waals surface area contributed by atoms with Crippen LogP contribution in [0.3, 0.4) is 0 Å². The molecule has 0 aromatic heterocycles. The minimum absolute atomic E-state index is 0.0156. The van der Waals surface area contributed by atoms with E-state index >= 15 is 0 Å². The predicted octanol–water partition coefficient (Wildman–Crippen LogP) is 5.34. The predicted molar refractivity (Wildman–Crippen MR) is 303 cm³/mol. The molecule has 0 aromatic carbocycles. The summed E-state index contributed by atoms with van der Waals surface area (Å²) in [5.74, 6) is -10.6. The number of esters is 3. The molecule has 10 bridgehead atoms. The van der Waals surface area contributed by atoms with E-state index in [4.69, 9.17) is 47.4 Å². The van der Waals surface area contributed by atoms with Crippen LogP contribution in [-0.2, 0) is 66.5 Å². The van der Waals surface area contributed by atoms with Crippen molar-refractivity contribution in [2.45, 2.75) is 278 Å². The van der Waals surface area contributed by atoms with Gasteiger partial charge in [0.05, 0.1) is 85.1 Å². The molecule has 2 spiro atoms. The van der Waals surface area contributed by atoms with E-state index < -0.39 is 169 Å². The molecule has 7 rings (SSSR count). The van der Waals surface area contributed by atoms with Gasteiger partial charge in [0.25, 0.3) is 0 Å². The average molecular weight is 1190 g/mol. The van der Waals surface area contributed by atoms with Crippen LogP contribution in [0.25, 0.3) is 0 Å². The molecular formula is C63H96O21. The Kier molecular flexibility index (Phi) is 23.0. The van der Waals surface area contributed by atoms with E-state index in [1.54, 1.807) is 47.8 Å². The van der Waals surface area contributed by atoms with Gasteiger partial charge < -0.3 is 83.1 Å². The summed E-state index contributed by atoms with van der Waals surface area (Å²) < 4.78 is 63.4. The van der Waals surface area contributed by atoms with E-state index in [1.807, 2.05) is 12.2 Å². The quantitative estimate of drug-likeness (QED) is 0.0663. The fourth-order valence-corrected chi connectivity index (χ4v) is 14.1. The zero-order valence-electron chi connectivity index (χ0n) is 50.4. The molecule has 0 amide bonds.